The standard InChI is InChI=1S/C18H21NO4S/c1-14(24(2,21)22)18(20)19-16-10-6-7-11-17(16)23-13-12-15-8-4-3-5-9-15/h3-11,14H,12-13H2,1-2H3,(H,19,20). The second kappa shape index (κ2) is 7.97. The lowest BCUT2D eigenvalue weighted by Crippen LogP contribution is -2.31. The van der Waals surface area contributed by atoms with E-state index in [1.807, 2.05) is 30.3 Å². The fourth-order valence-electron chi connectivity index (χ4n) is 2.05. The SMILES string of the molecule is CC(C(=O)Nc1ccccc1OCCc1ccccc1)S(C)(=O)=O. The van der Waals surface area contributed by atoms with Gasteiger partial charge in [-0.15, -0.1) is 0 Å². The van der Waals surface area contributed by atoms with E-state index in [4.69, 9.17) is 4.74 Å². The van der Waals surface area contributed by atoms with E-state index in [2.05, 4.69) is 5.32 Å². The monoisotopic (exact) mass is 347 g/mol. The van der Waals surface area contributed by atoms with E-state index in [1.165, 1.54) is 6.92 Å². The van der Waals surface area contributed by atoms with Crippen LogP contribution in [-0.4, -0.2) is 32.4 Å². The summed E-state index contributed by atoms with van der Waals surface area (Å²) < 4.78 is 28.7. The summed E-state index contributed by atoms with van der Waals surface area (Å²) in [5, 5.41) is 1.51. The molecule has 0 aliphatic rings. The Hall–Kier alpha value is -2.34. The molecule has 0 bridgehead atoms. The van der Waals surface area contributed by atoms with E-state index in [0.29, 0.717) is 18.0 Å². The maximum absolute atomic E-state index is 12.1. The van der Waals surface area contributed by atoms with Gasteiger partial charge in [0.15, 0.2) is 9.84 Å². The van der Waals surface area contributed by atoms with Gasteiger partial charge in [-0.05, 0) is 24.6 Å². The molecule has 1 amide bonds. The van der Waals surface area contributed by atoms with Gasteiger partial charge in [0.05, 0.1) is 12.3 Å². The molecule has 128 valence electrons. The van der Waals surface area contributed by atoms with Crippen LogP contribution in [-0.2, 0) is 21.1 Å². The van der Waals surface area contributed by atoms with Crippen molar-refractivity contribution in [2.24, 2.45) is 0 Å². The van der Waals surface area contributed by atoms with Gasteiger partial charge in [-0.25, -0.2) is 8.42 Å². The van der Waals surface area contributed by atoms with Gasteiger partial charge >= 0.3 is 0 Å². The van der Waals surface area contributed by atoms with Crippen molar-refractivity contribution in [1.82, 2.24) is 0 Å². The maximum Gasteiger partial charge on any atom is 0.242 e. The number of anilines is 1. The van der Waals surface area contributed by atoms with E-state index in [0.717, 1.165) is 18.2 Å². The minimum atomic E-state index is -3.44. The summed E-state index contributed by atoms with van der Waals surface area (Å²) in [5.41, 5.74) is 1.62. The van der Waals surface area contributed by atoms with Crippen LogP contribution in [0, 0.1) is 0 Å². The molecule has 0 fully saturated rings. The van der Waals surface area contributed by atoms with Crippen LogP contribution in [0.15, 0.2) is 54.6 Å². The zero-order chi connectivity index (χ0) is 17.6. The summed E-state index contributed by atoms with van der Waals surface area (Å²) in [7, 11) is -3.44. The third-order valence-corrected chi connectivity index (χ3v) is 5.15. The second-order valence-corrected chi connectivity index (χ2v) is 7.91. The molecule has 0 saturated heterocycles. The van der Waals surface area contributed by atoms with Crippen molar-refractivity contribution in [3.05, 3.63) is 60.2 Å². The molecule has 24 heavy (non-hydrogen) atoms. The number of nitrogens with one attached hydrogen (secondary N) is 1. The Morgan fingerprint density at radius 3 is 2.38 bits per heavy atom. The van der Waals surface area contributed by atoms with Crippen LogP contribution in [0.1, 0.15) is 12.5 Å². The molecular weight excluding hydrogens is 326 g/mol. The van der Waals surface area contributed by atoms with Gasteiger partial charge < -0.3 is 10.1 Å². The van der Waals surface area contributed by atoms with Gasteiger partial charge in [0.25, 0.3) is 0 Å². The topological polar surface area (TPSA) is 72.5 Å². The summed E-state index contributed by atoms with van der Waals surface area (Å²) in [6, 6.07) is 16.9. The van der Waals surface area contributed by atoms with Crippen molar-refractivity contribution in [3.63, 3.8) is 0 Å². The van der Waals surface area contributed by atoms with Crippen LogP contribution >= 0.6 is 0 Å². The molecular formula is C18H21NO4S. The lowest BCUT2D eigenvalue weighted by Gasteiger charge is -2.14. The van der Waals surface area contributed by atoms with Crippen molar-refractivity contribution in [3.8, 4) is 5.75 Å². The van der Waals surface area contributed by atoms with Gasteiger partial charge in [0, 0.05) is 12.7 Å². The molecule has 2 rings (SSSR count). The third-order valence-electron chi connectivity index (χ3n) is 3.65. The summed E-state index contributed by atoms with van der Waals surface area (Å²) in [6.45, 7) is 1.82. The molecule has 0 aliphatic heterocycles. The van der Waals surface area contributed by atoms with Crippen LogP contribution in [0.4, 0.5) is 5.69 Å². The van der Waals surface area contributed by atoms with E-state index in [9.17, 15) is 13.2 Å². The zero-order valence-electron chi connectivity index (χ0n) is 13.7. The van der Waals surface area contributed by atoms with Crippen LogP contribution < -0.4 is 10.1 Å². The third kappa shape index (κ3) is 5.09. The summed E-state index contributed by atoms with van der Waals surface area (Å²) >= 11 is 0. The number of hydrogen-bond acceptors (Lipinski definition) is 4. The summed E-state index contributed by atoms with van der Waals surface area (Å²) in [4.78, 5) is 12.1. The minimum Gasteiger partial charge on any atom is -0.491 e. The predicted molar refractivity (Wildman–Crippen MR) is 95.0 cm³/mol. The molecule has 1 N–H and O–H groups in total. The Kier molecular flexibility index (Phi) is 5.98. The van der Waals surface area contributed by atoms with Crippen molar-refractivity contribution in [2.75, 3.05) is 18.2 Å². The molecule has 0 saturated carbocycles. The number of amides is 1. The number of benzene rings is 2. The fourth-order valence-corrected chi connectivity index (χ4v) is 2.50. The Labute approximate surface area is 142 Å². The Balaban J connectivity index is 2.01. The van der Waals surface area contributed by atoms with Gasteiger partial charge in [-0.3, -0.25) is 4.79 Å². The largest absolute Gasteiger partial charge is 0.491 e. The van der Waals surface area contributed by atoms with Crippen LogP contribution in [0.5, 0.6) is 5.75 Å². The number of hydrogen-bond donors (Lipinski definition) is 1. The first-order valence-electron chi connectivity index (χ1n) is 7.63. The smallest absolute Gasteiger partial charge is 0.242 e. The second-order valence-electron chi connectivity index (χ2n) is 5.54. The van der Waals surface area contributed by atoms with Crippen molar-refractivity contribution in [2.45, 2.75) is 18.6 Å². The molecule has 0 radical (unpaired) electrons. The molecule has 0 aromatic heterocycles. The normalized spacial score (nSPS) is 12.4. The predicted octanol–water partition coefficient (Wildman–Crippen LogP) is 2.68. The molecule has 1 atom stereocenters. The van der Waals surface area contributed by atoms with Gasteiger partial charge in [-0.2, -0.15) is 0 Å². The number of rotatable bonds is 7. The maximum atomic E-state index is 12.1. The average Bonchev–Trinajstić information content (AvgIpc) is 2.56. The van der Waals surface area contributed by atoms with Crippen molar-refractivity contribution >= 4 is 21.4 Å². The van der Waals surface area contributed by atoms with Crippen LogP contribution in [0.2, 0.25) is 0 Å². The number of ether oxygens (including phenoxy) is 1. The molecule has 5 nitrogen and oxygen atoms in total. The Morgan fingerprint density at radius 2 is 1.71 bits per heavy atom. The highest BCUT2D eigenvalue weighted by atomic mass is 32.2. The van der Waals surface area contributed by atoms with E-state index in [-0.39, 0.29) is 0 Å². The highest BCUT2D eigenvalue weighted by Gasteiger charge is 2.24. The minimum absolute atomic E-state index is 0.457. The van der Waals surface area contributed by atoms with Crippen molar-refractivity contribution < 1.29 is 17.9 Å². The zero-order valence-corrected chi connectivity index (χ0v) is 14.5. The molecule has 2 aromatic carbocycles. The molecule has 0 aliphatic carbocycles. The molecule has 0 spiro atoms. The molecule has 6 heteroatoms. The van der Waals surface area contributed by atoms with Crippen molar-refractivity contribution in [1.29, 1.82) is 0 Å². The Bertz CT molecular complexity index is 788. The number of carbonyl (C=O) groups is 1. The van der Waals surface area contributed by atoms with E-state index >= 15 is 0 Å². The van der Waals surface area contributed by atoms with Crippen LogP contribution in [0.3, 0.4) is 0 Å². The van der Waals surface area contributed by atoms with Crippen LogP contribution in [0.25, 0.3) is 0 Å². The summed E-state index contributed by atoms with van der Waals surface area (Å²) in [6.07, 6.45) is 1.78. The first-order valence-corrected chi connectivity index (χ1v) is 9.59. The molecule has 0 heterocycles. The number of sulfone groups is 1. The number of carbonyl (C=O) groups excluding carboxylic acids is 1. The Morgan fingerprint density at radius 1 is 1.08 bits per heavy atom. The quantitative estimate of drug-likeness (QED) is 0.836. The summed E-state index contributed by atoms with van der Waals surface area (Å²) in [5.74, 6) is -0.0564. The highest BCUT2D eigenvalue weighted by molar-refractivity contribution is 7.92. The van der Waals surface area contributed by atoms with Gasteiger partial charge in [0.1, 0.15) is 11.0 Å². The highest BCUT2D eigenvalue weighted by Crippen LogP contribution is 2.24. The lowest BCUT2D eigenvalue weighted by atomic mass is 10.2. The average molecular weight is 347 g/mol. The van der Waals surface area contributed by atoms with Gasteiger partial charge in [-0.1, -0.05) is 42.5 Å². The molecule has 1 unspecified atom stereocenters. The lowest BCUT2D eigenvalue weighted by molar-refractivity contribution is -0.115. The van der Waals surface area contributed by atoms with E-state index in [1.54, 1.807) is 24.3 Å². The fraction of sp³-hybridized carbons (Fsp3) is 0.278. The first kappa shape index (κ1) is 18.0. The number of para-hydroxylation sites is 2. The first-order chi connectivity index (χ1) is 11.4. The van der Waals surface area contributed by atoms with Gasteiger partial charge in [0.2, 0.25) is 5.91 Å². The van der Waals surface area contributed by atoms with E-state index < -0.39 is 21.0 Å². The molecule has 2 aromatic rings.